The fourth-order valence-electron chi connectivity index (χ4n) is 0.730. The maximum Gasteiger partial charge on any atom is 0.205 e. The highest BCUT2D eigenvalue weighted by Crippen LogP contribution is 2.08. The second-order valence-corrected chi connectivity index (χ2v) is 2.30. The van der Waals surface area contributed by atoms with Crippen molar-refractivity contribution in [2.75, 3.05) is 0 Å². The van der Waals surface area contributed by atoms with Gasteiger partial charge in [-0.05, 0) is 24.6 Å². The molecule has 4 heteroatoms. The van der Waals surface area contributed by atoms with Crippen molar-refractivity contribution in [3.8, 4) is 6.07 Å². The molecule has 0 unspecified atom stereocenters. The fourth-order valence-corrected chi connectivity index (χ4v) is 0.730. The highest BCUT2D eigenvalue weighted by Gasteiger charge is 1.92. The molecule has 0 atom stereocenters. The molecule has 1 aromatic rings. The minimum Gasteiger partial charge on any atom is -0.375 e. The summed E-state index contributed by atoms with van der Waals surface area (Å²) in [6.07, 6.45) is 1.62. The molecule has 0 aliphatic heterocycles. The molecule has 60 valence electrons. The number of hydrogen-bond acceptors (Lipinski definition) is 3. The highest BCUT2D eigenvalue weighted by atomic mass is 14.9. The van der Waals surface area contributed by atoms with Crippen molar-refractivity contribution in [1.29, 1.82) is 5.26 Å². The topological polar surface area (TPSA) is 75.1 Å². The number of rotatable bonds is 1. The van der Waals surface area contributed by atoms with Crippen molar-refractivity contribution in [3.05, 3.63) is 23.9 Å². The van der Waals surface area contributed by atoms with Gasteiger partial charge in [0.05, 0.1) is 0 Å². The molecule has 1 aromatic heterocycles. The number of nitriles is 1. The van der Waals surface area contributed by atoms with E-state index in [1.54, 1.807) is 18.3 Å². The molecule has 0 saturated carbocycles. The lowest BCUT2D eigenvalue weighted by Crippen LogP contribution is -2.06. The molecule has 0 saturated heterocycles. The largest absolute Gasteiger partial charge is 0.375 e. The van der Waals surface area contributed by atoms with Gasteiger partial charge in [-0.15, -0.1) is 0 Å². The zero-order valence-corrected chi connectivity index (χ0v) is 6.65. The third-order valence-corrected chi connectivity index (χ3v) is 1.25. The lowest BCUT2D eigenvalue weighted by Gasteiger charge is -1.93. The van der Waals surface area contributed by atoms with Gasteiger partial charge in [0.1, 0.15) is 6.07 Å². The number of aromatic nitrogens is 1. The second kappa shape index (κ2) is 3.49. The van der Waals surface area contributed by atoms with Crippen molar-refractivity contribution in [2.45, 2.75) is 6.92 Å². The summed E-state index contributed by atoms with van der Waals surface area (Å²) in [6, 6.07) is 5.32. The summed E-state index contributed by atoms with van der Waals surface area (Å²) in [5.74, 6) is 0.391. The van der Waals surface area contributed by atoms with Crippen LogP contribution in [0.4, 0.5) is 5.82 Å². The van der Waals surface area contributed by atoms with Crippen LogP contribution in [0.3, 0.4) is 0 Å². The van der Waals surface area contributed by atoms with Gasteiger partial charge >= 0.3 is 0 Å². The van der Waals surface area contributed by atoms with Crippen LogP contribution in [0.1, 0.15) is 5.56 Å². The molecule has 0 aliphatic carbocycles. The number of nitrogens with zero attached hydrogens (tertiary/aromatic N) is 3. The summed E-state index contributed by atoms with van der Waals surface area (Å²) < 4.78 is 0. The SMILES string of the molecule is Cc1ccnc(N=C(N)C#N)c1. The standard InChI is InChI=1S/C8H8N4/c1-6-2-3-11-8(4-6)12-7(10)5-9/h2-4H,1H3,(H2,10,11,12). The Morgan fingerprint density at radius 2 is 2.50 bits per heavy atom. The molecule has 0 fully saturated rings. The minimum absolute atomic E-state index is 0.0758. The number of hydrogen-bond donors (Lipinski definition) is 1. The predicted octanol–water partition coefficient (Wildman–Crippen LogP) is 0.902. The lowest BCUT2D eigenvalue weighted by atomic mass is 10.3. The van der Waals surface area contributed by atoms with Crippen LogP contribution in [0, 0.1) is 18.3 Å². The number of amidine groups is 1. The Hall–Kier alpha value is -1.89. The maximum absolute atomic E-state index is 8.33. The number of aryl methyl sites for hydroxylation is 1. The van der Waals surface area contributed by atoms with Crippen molar-refractivity contribution in [2.24, 2.45) is 10.7 Å². The van der Waals surface area contributed by atoms with Gasteiger partial charge < -0.3 is 5.73 Å². The smallest absolute Gasteiger partial charge is 0.205 e. The average molecular weight is 160 g/mol. The zero-order valence-electron chi connectivity index (χ0n) is 6.65. The molecule has 0 spiro atoms. The molecule has 0 aliphatic rings. The first-order valence-corrected chi connectivity index (χ1v) is 3.39. The van der Waals surface area contributed by atoms with E-state index >= 15 is 0 Å². The first-order chi connectivity index (χ1) is 5.72. The van der Waals surface area contributed by atoms with Gasteiger partial charge in [0.25, 0.3) is 0 Å². The lowest BCUT2D eigenvalue weighted by molar-refractivity contribution is 1.24. The summed E-state index contributed by atoms with van der Waals surface area (Å²) in [6.45, 7) is 1.92. The molecule has 12 heavy (non-hydrogen) atoms. The van der Waals surface area contributed by atoms with Gasteiger partial charge in [0, 0.05) is 6.20 Å². The van der Waals surface area contributed by atoms with Crippen LogP contribution in [-0.4, -0.2) is 10.8 Å². The van der Waals surface area contributed by atoms with Gasteiger partial charge in [-0.2, -0.15) is 5.26 Å². The Labute approximate surface area is 70.4 Å². The molecule has 0 radical (unpaired) electrons. The Balaban J connectivity index is 2.99. The summed E-state index contributed by atoms with van der Waals surface area (Å²) in [4.78, 5) is 7.67. The monoisotopic (exact) mass is 160 g/mol. The highest BCUT2D eigenvalue weighted by molar-refractivity contribution is 5.96. The molecule has 0 bridgehead atoms. The third kappa shape index (κ3) is 2.06. The third-order valence-electron chi connectivity index (χ3n) is 1.25. The Morgan fingerprint density at radius 1 is 1.75 bits per heavy atom. The van der Waals surface area contributed by atoms with Gasteiger partial charge in [0.2, 0.25) is 5.84 Å². The van der Waals surface area contributed by atoms with Gasteiger partial charge in [0.15, 0.2) is 5.82 Å². The summed E-state index contributed by atoms with van der Waals surface area (Å²) in [7, 11) is 0. The molecule has 0 amide bonds. The molecular weight excluding hydrogens is 152 g/mol. The van der Waals surface area contributed by atoms with Crippen LogP contribution in [0.5, 0.6) is 0 Å². The number of aliphatic imine (C=N–C) groups is 1. The van der Waals surface area contributed by atoms with Crippen molar-refractivity contribution < 1.29 is 0 Å². The van der Waals surface area contributed by atoms with E-state index in [4.69, 9.17) is 11.0 Å². The van der Waals surface area contributed by atoms with Crippen LogP contribution in [-0.2, 0) is 0 Å². The van der Waals surface area contributed by atoms with Crippen LogP contribution >= 0.6 is 0 Å². The van der Waals surface area contributed by atoms with Crippen molar-refractivity contribution in [3.63, 3.8) is 0 Å². The van der Waals surface area contributed by atoms with Gasteiger partial charge in [-0.1, -0.05) is 0 Å². The first-order valence-electron chi connectivity index (χ1n) is 3.39. The maximum atomic E-state index is 8.33. The van der Waals surface area contributed by atoms with Crippen LogP contribution in [0.2, 0.25) is 0 Å². The van der Waals surface area contributed by atoms with E-state index in [0.717, 1.165) is 5.56 Å². The van der Waals surface area contributed by atoms with E-state index in [0.29, 0.717) is 5.82 Å². The van der Waals surface area contributed by atoms with E-state index in [9.17, 15) is 0 Å². The van der Waals surface area contributed by atoms with Crippen LogP contribution < -0.4 is 5.73 Å². The predicted molar refractivity (Wildman–Crippen MR) is 45.9 cm³/mol. The zero-order chi connectivity index (χ0) is 8.97. The summed E-state index contributed by atoms with van der Waals surface area (Å²) in [5, 5.41) is 8.33. The summed E-state index contributed by atoms with van der Waals surface area (Å²) >= 11 is 0. The van der Waals surface area contributed by atoms with E-state index in [2.05, 4.69) is 9.98 Å². The molecule has 1 rings (SSSR count). The molecule has 4 nitrogen and oxygen atoms in total. The van der Waals surface area contributed by atoms with E-state index < -0.39 is 0 Å². The summed E-state index contributed by atoms with van der Waals surface area (Å²) in [5.41, 5.74) is 6.24. The molecule has 0 aromatic carbocycles. The van der Waals surface area contributed by atoms with Crippen LogP contribution in [0.15, 0.2) is 23.3 Å². The van der Waals surface area contributed by atoms with Crippen molar-refractivity contribution in [1.82, 2.24) is 4.98 Å². The molecule has 2 N–H and O–H groups in total. The Kier molecular flexibility index (Phi) is 2.38. The number of pyridine rings is 1. The quantitative estimate of drug-likeness (QED) is 0.490. The van der Waals surface area contributed by atoms with Crippen molar-refractivity contribution >= 4 is 11.7 Å². The Bertz CT molecular complexity index is 348. The Morgan fingerprint density at radius 3 is 3.08 bits per heavy atom. The average Bonchev–Trinajstić information content (AvgIpc) is 2.04. The second-order valence-electron chi connectivity index (χ2n) is 2.30. The van der Waals surface area contributed by atoms with E-state index in [-0.39, 0.29) is 5.84 Å². The van der Waals surface area contributed by atoms with Crippen LogP contribution in [0.25, 0.3) is 0 Å². The molecule has 1 heterocycles. The number of nitrogens with two attached hydrogens (primary N) is 1. The van der Waals surface area contributed by atoms with E-state index in [1.807, 2.05) is 13.0 Å². The minimum atomic E-state index is -0.0758. The van der Waals surface area contributed by atoms with Gasteiger partial charge in [-0.3, -0.25) is 0 Å². The van der Waals surface area contributed by atoms with E-state index in [1.165, 1.54) is 0 Å². The first kappa shape index (κ1) is 8.21. The van der Waals surface area contributed by atoms with Gasteiger partial charge in [-0.25, -0.2) is 9.98 Å². The normalized spacial score (nSPS) is 10.8. The fraction of sp³-hybridized carbons (Fsp3) is 0.125. The molecular formula is C8H8N4.